The second-order valence-electron chi connectivity index (χ2n) is 3.92. The number of hydrogen-bond acceptors (Lipinski definition) is 3. The van der Waals surface area contributed by atoms with Crippen LogP contribution in [-0.2, 0) is 0 Å². The SMILES string of the molecule is O=C(O)c1cccc2c1O[C@@H](c1ccccc1)O2. The third-order valence-corrected chi connectivity index (χ3v) is 2.74. The molecular formula is C14H10O4. The normalized spacial score (nSPS) is 16.6. The van der Waals surface area contributed by atoms with E-state index < -0.39 is 12.3 Å². The molecule has 1 heterocycles. The smallest absolute Gasteiger partial charge is 0.339 e. The summed E-state index contributed by atoms with van der Waals surface area (Å²) in [6.07, 6.45) is -0.582. The van der Waals surface area contributed by atoms with Crippen molar-refractivity contribution in [3.8, 4) is 11.5 Å². The van der Waals surface area contributed by atoms with Crippen molar-refractivity contribution < 1.29 is 19.4 Å². The molecule has 0 radical (unpaired) electrons. The summed E-state index contributed by atoms with van der Waals surface area (Å²) in [6, 6.07) is 14.2. The first kappa shape index (κ1) is 10.7. The summed E-state index contributed by atoms with van der Waals surface area (Å²) in [7, 11) is 0. The van der Waals surface area contributed by atoms with Gasteiger partial charge in [-0.3, -0.25) is 0 Å². The average Bonchev–Trinajstić information content (AvgIpc) is 2.83. The Morgan fingerprint density at radius 3 is 2.50 bits per heavy atom. The number of hydrogen-bond donors (Lipinski definition) is 1. The zero-order chi connectivity index (χ0) is 12.5. The van der Waals surface area contributed by atoms with Gasteiger partial charge < -0.3 is 14.6 Å². The lowest BCUT2D eigenvalue weighted by Gasteiger charge is -2.09. The third kappa shape index (κ3) is 1.68. The van der Waals surface area contributed by atoms with Crippen molar-refractivity contribution in [2.45, 2.75) is 6.29 Å². The molecule has 1 aliphatic heterocycles. The maximum atomic E-state index is 11.1. The number of rotatable bonds is 2. The molecule has 0 fully saturated rings. The van der Waals surface area contributed by atoms with Crippen LogP contribution in [0.15, 0.2) is 48.5 Å². The maximum absolute atomic E-state index is 11.1. The third-order valence-electron chi connectivity index (χ3n) is 2.74. The van der Waals surface area contributed by atoms with Crippen molar-refractivity contribution in [2.24, 2.45) is 0 Å². The van der Waals surface area contributed by atoms with Crippen LogP contribution in [0, 0.1) is 0 Å². The van der Waals surface area contributed by atoms with Gasteiger partial charge in [0.1, 0.15) is 5.56 Å². The zero-order valence-corrected chi connectivity index (χ0v) is 9.37. The molecule has 1 N–H and O–H groups in total. The molecule has 2 aromatic rings. The van der Waals surface area contributed by atoms with Crippen LogP contribution in [0.2, 0.25) is 0 Å². The second kappa shape index (κ2) is 4.07. The zero-order valence-electron chi connectivity index (χ0n) is 9.37. The molecule has 2 aromatic carbocycles. The molecule has 90 valence electrons. The van der Waals surface area contributed by atoms with E-state index in [1.54, 1.807) is 12.1 Å². The number of fused-ring (bicyclic) bond motifs is 1. The Bertz CT molecular complexity index is 592. The topological polar surface area (TPSA) is 55.8 Å². The highest BCUT2D eigenvalue weighted by atomic mass is 16.7. The van der Waals surface area contributed by atoms with Gasteiger partial charge in [0.15, 0.2) is 11.5 Å². The summed E-state index contributed by atoms with van der Waals surface area (Å²) >= 11 is 0. The Morgan fingerprint density at radius 1 is 1.00 bits per heavy atom. The van der Waals surface area contributed by atoms with Gasteiger partial charge in [-0.25, -0.2) is 4.79 Å². The molecule has 4 heteroatoms. The minimum absolute atomic E-state index is 0.117. The van der Waals surface area contributed by atoms with Gasteiger partial charge in [0.25, 0.3) is 6.29 Å². The Balaban J connectivity index is 1.97. The first-order valence-electron chi connectivity index (χ1n) is 5.50. The highest BCUT2D eigenvalue weighted by Crippen LogP contribution is 2.42. The molecule has 1 aliphatic rings. The van der Waals surface area contributed by atoms with Crippen LogP contribution >= 0.6 is 0 Å². The first-order chi connectivity index (χ1) is 8.75. The fourth-order valence-corrected chi connectivity index (χ4v) is 1.89. The average molecular weight is 242 g/mol. The molecule has 3 rings (SSSR count). The minimum atomic E-state index is -1.02. The minimum Gasteiger partial charge on any atom is -0.478 e. The fraction of sp³-hybridized carbons (Fsp3) is 0.0714. The predicted molar refractivity (Wildman–Crippen MR) is 63.8 cm³/mol. The molecule has 0 bridgehead atoms. The highest BCUT2D eigenvalue weighted by Gasteiger charge is 2.29. The highest BCUT2D eigenvalue weighted by molar-refractivity contribution is 5.92. The Hall–Kier alpha value is -2.49. The van der Waals surface area contributed by atoms with Gasteiger partial charge in [-0.05, 0) is 12.1 Å². The molecule has 0 saturated carbocycles. The number of carbonyl (C=O) groups is 1. The van der Waals surface area contributed by atoms with E-state index in [9.17, 15) is 4.79 Å². The summed E-state index contributed by atoms with van der Waals surface area (Å²) in [6.45, 7) is 0. The van der Waals surface area contributed by atoms with Crippen LogP contribution < -0.4 is 9.47 Å². The molecule has 0 aliphatic carbocycles. The Morgan fingerprint density at radius 2 is 1.78 bits per heavy atom. The molecular weight excluding hydrogens is 232 g/mol. The van der Waals surface area contributed by atoms with Crippen molar-refractivity contribution in [1.29, 1.82) is 0 Å². The van der Waals surface area contributed by atoms with Gasteiger partial charge in [0.05, 0.1) is 0 Å². The van der Waals surface area contributed by atoms with Gasteiger partial charge in [0, 0.05) is 5.56 Å². The molecule has 18 heavy (non-hydrogen) atoms. The van der Waals surface area contributed by atoms with Crippen molar-refractivity contribution in [3.63, 3.8) is 0 Å². The summed E-state index contributed by atoms with van der Waals surface area (Å²) in [5.74, 6) is -0.272. The number of benzene rings is 2. The second-order valence-corrected chi connectivity index (χ2v) is 3.92. The number of para-hydroxylation sites is 1. The first-order valence-corrected chi connectivity index (χ1v) is 5.50. The largest absolute Gasteiger partial charge is 0.478 e. The molecule has 0 unspecified atom stereocenters. The molecule has 4 nitrogen and oxygen atoms in total. The maximum Gasteiger partial charge on any atom is 0.339 e. The van der Waals surface area contributed by atoms with Crippen molar-refractivity contribution in [3.05, 3.63) is 59.7 Å². The molecule has 0 saturated heterocycles. The van der Waals surface area contributed by atoms with E-state index >= 15 is 0 Å². The van der Waals surface area contributed by atoms with Crippen LogP contribution in [0.1, 0.15) is 22.2 Å². The van der Waals surface area contributed by atoms with E-state index in [1.807, 2.05) is 30.3 Å². The van der Waals surface area contributed by atoms with E-state index in [4.69, 9.17) is 14.6 Å². The fourth-order valence-electron chi connectivity index (χ4n) is 1.89. The Labute approximate surface area is 103 Å². The lowest BCUT2D eigenvalue weighted by Crippen LogP contribution is -2.08. The lowest BCUT2D eigenvalue weighted by atomic mass is 10.2. The quantitative estimate of drug-likeness (QED) is 0.879. The van der Waals surface area contributed by atoms with Crippen LogP contribution in [0.4, 0.5) is 0 Å². The van der Waals surface area contributed by atoms with E-state index in [-0.39, 0.29) is 5.56 Å². The summed E-state index contributed by atoms with van der Waals surface area (Å²) in [4.78, 5) is 11.1. The molecule has 0 spiro atoms. The number of aromatic carboxylic acids is 1. The van der Waals surface area contributed by atoms with Gasteiger partial charge in [-0.1, -0.05) is 36.4 Å². The van der Waals surface area contributed by atoms with E-state index in [0.717, 1.165) is 5.56 Å². The predicted octanol–water partition coefficient (Wildman–Crippen LogP) is 2.85. The summed E-state index contributed by atoms with van der Waals surface area (Å²) in [5.41, 5.74) is 0.968. The summed E-state index contributed by atoms with van der Waals surface area (Å²) < 4.78 is 11.2. The van der Waals surface area contributed by atoms with Gasteiger partial charge in [-0.2, -0.15) is 0 Å². The van der Waals surface area contributed by atoms with Crippen molar-refractivity contribution >= 4 is 5.97 Å². The standard InChI is InChI=1S/C14H10O4/c15-13(16)10-7-4-8-11-12(10)18-14(17-11)9-5-2-1-3-6-9/h1-8,14H,(H,15,16)/t14-/m0/s1. The molecule has 1 atom stereocenters. The van der Waals surface area contributed by atoms with Gasteiger partial charge in [-0.15, -0.1) is 0 Å². The van der Waals surface area contributed by atoms with Crippen molar-refractivity contribution in [1.82, 2.24) is 0 Å². The van der Waals surface area contributed by atoms with Crippen LogP contribution in [0.5, 0.6) is 11.5 Å². The van der Waals surface area contributed by atoms with E-state index in [0.29, 0.717) is 11.5 Å². The van der Waals surface area contributed by atoms with Crippen molar-refractivity contribution in [2.75, 3.05) is 0 Å². The van der Waals surface area contributed by atoms with Gasteiger partial charge in [0.2, 0.25) is 0 Å². The number of ether oxygens (including phenoxy) is 2. The monoisotopic (exact) mass is 242 g/mol. The Kier molecular flexibility index (Phi) is 2.41. The lowest BCUT2D eigenvalue weighted by molar-refractivity contribution is 0.0471. The van der Waals surface area contributed by atoms with Crippen LogP contribution in [0.3, 0.4) is 0 Å². The van der Waals surface area contributed by atoms with Crippen LogP contribution in [-0.4, -0.2) is 11.1 Å². The van der Waals surface area contributed by atoms with Crippen LogP contribution in [0.25, 0.3) is 0 Å². The van der Waals surface area contributed by atoms with E-state index in [1.165, 1.54) is 6.07 Å². The number of carboxylic acids is 1. The molecule has 0 amide bonds. The number of carboxylic acid groups (broad SMARTS) is 1. The molecule has 0 aromatic heterocycles. The van der Waals surface area contributed by atoms with Gasteiger partial charge >= 0.3 is 5.97 Å². The van der Waals surface area contributed by atoms with E-state index in [2.05, 4.69) is 0 Å². The summed E-state index contributed by atoms with van der Waals surface area (Å²) in [5, 5.41) is 9.07.